The van der Waals surface area contributed by atoms with Crippen LogP contribution in [0, 0.1) is 3.57 Å². The number of hydrogen-bond acceptors (Lipinski definition) is 2. The highest BCUT2D eigenvalue weighted by atomic mass is 127. The first-order valence-corrected chi connectivity index (χ1v) is 5.06. The van der Waals surface area contributed by atoms with E-state index in [0.717, 1.165) is 8.47 Å². The third kappa shape index (κ3) is 2.05. The molecule has 0 bridgehead atoms. The average molecular weight is 266 g/mol. The van der Waals surface area contributed by atoms with Crippen LogP contribution < -0.4 is 0 Å². The lowest BCUT2D eigenvalue weighted by Crippen LogP contribution is -1.73. The van der Waals surface area contributed by atoms with E-state index in [9.17, 15) is 0 Å². The maximum atomic E-state index is 9.11. The first-order chi connectivity index (χ1) is 4.72. The van der Waals surface area contributed by atoms with Crippen molar-refractivity contribution in [3.05, 3.63) is 21.8 Å². The third-order valence-electron chi connectivity index (χ3n) is 1.09. The highest BCUT2D eigenvalue weighted by Crippen LogP contribution is 2.23. The molecule has 54 valence electrons. The molecule has 0 aliphatic rings. The fourth-order valence-corrected chi connectivity index (χ4v) is 2.02. The van der Waals surface area contributed by atoms with Crippen LogP contribution in [0.2, 0.25) is 0 Å². The molecule has 0 radical (unpaired) electrons. The molecule has 0 spiro atoms. The van der Waals surface area contributed by atoms with Crippen LogP contribution in [0.3, 0.4) is 0 Å². The molecule has 0 unspecified atom stereocenters. The normalized spacial score (nSPS) is 9.80. The number of phenolic OH excluding ortho intramolecular Hbond substituents is 1. The van der Waals surface area contributed by atoms with Gasteiger partial charge in [0, 0.05) is 8.47 Å². The summed E-state index contributed by atoms with van der Waals surface area (Å²) >= 11 is 3.81. The van der Waals surface area contributed by atoms with Crippen LogP contribution in [-0.4, -0.2) is 11.4 Å². The van der Waals surface area contributed by atoms with E-state index in [1.165, 1.54) is 0 Å². The Morgan fingerprint density at radius 1 is 1.40 bits per heavy atom. The van der Waals surface area contributed by atoms with Crippen LogP contribution in [-0.2, 0) is 0 Å². The number of thioether (sulfide) groups is 1. The minimum absolute atomic E-state index is 0.344. The van der Waals surface area contributed by atoms with Crippen molar-refractivity contribution in [1.29, 1.82) is 0 Å². The molecule has 0 saturated heterocycles. The Morgan fingerprint density at radius 3 is 2.60 bits per heavy atom. The van der Waals surface area contributed by atoms with Crippen molar-refractivity contribution in [3.63, 3.8) is 0 Å². The van der Waals surface area contributed by atoms with Gasteiger partial charge in [-0.05, 0) is 47.0 Å². The van der Waals surface area contributed by atoms with Gasteiger partial charge in [0.1, 0.15) is 5.75 Å². The fourth-order valence-electron chi connectivity index (χ4n) is 0.666. The lowest BCUT2D eigenvalue weighted by atomic mass is 10.3. The molecule has 0 heterocycles. The van der Waals surface area contributed by atoms with Gasteiger partial charge in [-0.1, -0.05) is 0 Å². The summed E-state index contributed by atoms with van der Waals surface area (Å²) in [6, 6.07) is 5.53. The predicted octanol–water partition coefficient (Wildman–Crippen LogP) is 2.72. The van der Waals surface area contributed by atoms with E-state index in [0.29, 0.717) is 5.75 Å². The molecule has 3 heteroatoms. The van der Waals surface area contributed by atoms with Crippen molar-refractivity contribution in [2.45, 2.75) is 4.90 Å². The Morgan fingerprint density at radius 2 is 2.10 bits per heavy atom. The Kier molecular flexibility index (Phi) is 2.85. The molecule has 0 amide bonds. The molecule has 1 aromatic rings. The minimum atomic E-state index is 0.344. The highest BCUT2D eigenvalue weighted by Gasteiger charge is 1.94. The summed E-state index contributed by atoms with van der Waals surface area (Å²) in [5.41, 5.74) is 0. The average Bonchev–Trinajstić information content (AvgIpc) is 1.85. The maximum absolute atomic E-state index is 9.11. The van der Waals surface area contributed by atoms with Gasteiger partial charge in [0.2, 0.25) is 0 Å². The van der Waals surface area contributed by atoms with Crippen LogP contribution in [0.5, 0.6) is 5.75 Å². The van der Waals surface area contributed by atoms with Gasteiger partial charge in [0.05, 0.1) is 0 Å². The molecule has 0 aromatic heterocycles. The number of rotatable bonds is 1. The first kappa shape index (κ1) is 8.20. The van der Waals surface area contributed by atoms with Gasteiger partial charge in [-0.2, -0.15) is 0 Å². The van der Waals surface area contributed by atoms with Crippen LogP contribution in [0.4, 0.5) is 0 Å². The molecule has 1 aromatic carbocycles. The fraction of sp³-hybridized carbons (Fsp3) is 0.143. The summed E-state index contributed by atoms with van der Waals surface area (Å²) in [5.74, 6) is 0.344. The Hall–Kier alpha value is 0.100. The van der Waals surface area contributed by atoms with Crippen LogP contribution in [0.1, 0.15) is 0 Å². The van der Waals surface area contributed by atoms with Crippen LogP contribution in [0.25, 0.3) is 0 Å². The van der Waals surface area contributed by atoms with E-state index < -0.39 is 0 Å². The van der Waals surface area contributed by atoms with E-state index in [-0.39, 0.29) is 0 Å². The molecule has 1 nitrogen and oxygen atoms in total. The highest BCUT2D eigenvalue weighted by molar-refractivity contribution is 14.1. The SMILES string of the molecule is CSc1cc(O)cc(I)c1. The summed E-state index contributed by atoms with van der Waals surface area (Å²) in [5, 5.41) is 9.11. The Labute approximate surface area is 78.0 Å². The smallest absolute Gasteiger partial charge is 0.117 e. The third-order valence-corrected chi connectivity index (χ3v) is 2.42. The lowest BCUT2D eigenvalue weighted by molar-refractivity contribution is 0.473. The molecule has 0 aliphatic carbocycles. The molecule has 0 atom stereocenters. The van der Waals surface area contributed by atoms with Crippen molar-refractivity contribution in [2.24, 2.45) is 0 Å². The number of phenols is 1. The minimum Gasteiger partial charge on any atom is -0.508 e. The molecule has 10 heavy (non-hydrogen) atoms. The molecule has 0 saturated carbocycles. The number of halogens is 1. The van der Waals surface area contributed by atoms with Crippen molar-refractivity contribution >= 4 is 34.4 Å². The standard InChI is InChI=1S/C7H7IOS/c1-10-7-3-5(8)2-6(9)4-7/h2-4,9H,1H3. The van der Waals surface area contributed by atoms with E-state index in [1.807, 2.05) is 12.3 Å². The Balaban J connectivity index is 3.06. The van der Waals surface area contributed by atoms with Crippen LogP contribution >= 0.6 is 34.4 Å². The zero-order valence-corrected chi connectivity index (χ0v) is 8.44. The van der Waals surface area contributed by atoms with Gasteiger partial charge >= 0.3 is 0 Å². The molecular weight excluding hydrogens is 259 g/mol. The van der Waals surface area contributed by atoms with Crippen molar-refractivity contribution in [2.75, 3.05) is 6.26 Å². The maximum Gasteiger partial charge on any atom is 0.117 e. The molecule has 1 rings (SSSR count). The summed E-state index contributed by atoms with van der Waals surface area (Å²) < 4.78 is 1.07. The zero-order chi connectivity index (χ0) is 7.56. The van der Waals surface area contributed by atoms with E-state index in [4.69, 9.17) is 5.11 Å². The van der Waals surface area contributed by atoms with Gasteiger partial charge in [-0.25, -0.2) is 0 Å². The molecule has 1 N–H and O–H groups in total. The van der Waals surface area contributed by atoms with Crippen molar-refractivity contribution in [3.8, 4) is 5.75 Å². The second-order valence-electron chi connectivity index (χ2n) is 1.85. The summed E-state index contributed by atoms with van der Waals surface area (Å²) in [6.45, 7) is 0. The molecule has 0 aliphatic heterocycles. The Bertz CT molecular complexity index is 217. The second-order valence-corrected chi connectivity index (χ2v) is 3.97. The summed E-state index contributed by atoms with van der Waals surface area (Å²) in [7, 11) is 0. The van der Waals surface area contributed by atoms with E-state index in [1.54, 1.807) is 23.9 Å². The van der Waals surface area contributed by atoms with E-state index in [2.05, 4.69) is 22.6 Å². The number of hydrogen-bond donors (Lipinski definition) is 1. The quantitative estimate of drug-likeness (QED) is 0.623. The monoisotopic (exact) mass is 266 g/mol. The second kappa shape index (κ2) is 3.48. The van der Waals surface area contributed by atoms with Crippen molar-refractivity contribution < 1.29 is 5.11 Å². The number of benzene rings is 1. The predicted molar refractivity (Wildman–Crippen MR) is 52.6 cm³/mol. The number of aromatic hydroxyl groups is 1. The molecule has 0 fully saturated rings. The first-order valence-electron chi connectivity index (χ1n) is 2.76. The van der Waals surface area contributed by atoms with Gasteiger partial charge in [-0.15, -0.1) is 11.8 Å². The van der Waals surface area contributed by atoms with Gasteiger partial charge in [0.15, 0.2) is 0 Å². The zero-order valence-electron chi connectivity index (χ0n) is 5.47. The largest absolute Gasteiger partial charge is 0.508 e. The summed E-state index contributed by atoms with van der Waals surface area (Å²) in [6.07, 6.45) is 1.99. The van der Waals surface area contributed by atoms with Crippen molar-refractivity contribution in [1.82, 2.24) is 0 Å². The van der Waals surface area contributed by atoms with Crippen LogP contribution in [0.15, 0.2) is 23.1 Å². The van der Waals surface area contributed by atoms with Gasteiger partial charge in [0.25, 0.3) is 0 Å². The topological polar surface area (TPSA) is 20.2 Å². The van der Waals surface area contributed by atoms with Gasteiger partial charge < -0.3 is 5.11 Å². The molecular formula is C7H7IOS. The van der Waals surface area contributed by atoms with E-state index >= 15 is 0 Å². The summed E-state index contributed by atoms with van der Waals surface area (Å²) in [4.78, 5) is 1.10. The van der Waals surface area contributed by atoms with Gasteiger partial charge in [-0.3, -0.25) is 0 Å². The lowest BCUT2D eigenvalue weighted by Gasteiger charge is -1.97.